The third-order valence-electron chi connectivity index (χ3n) is 7.05. The average molecular weight is 533 g/mol. The van der Waals surface area contributed by atoms with Crippen LogP contribution in [-0.2, 0) is 11.3 Å². The van der Waals surface area contributed by atoms with Crippen LogP contribution in [0.5, 0.6) is 0 Å². The molecule has 13 heteroatoms. The molecule has 0 N–H and O–H groups in total. The fraction of sp³-hybridized carbons (Fsp3) is 0.522. The molecule has 7 nitrogen and oxygen atoms in total. The number of rotatable bonds is 3. The predicted molar refractivity (Wildman–Crippen MR) is 118 cm³/mol. The van der Waals surface area contributed by atoms with Gasteiger partial charge in [0.2, 0.25) is 11.8 Å². The van der Waals surface area contributed by atoms with Crippen LogP contribution in [0.25, 0.3) is 5.57 Å². The third-order valence-corrected chi connectivity index (χ3v) is 7.43. The molecular formula is C23H22ClF5N4O3. The number of carbonyl (C=O) groups is 2. The van der Waals surface area contributed by atoms with Crippen molar-refractivity contribution in [2.75, 3.05) is 19.6 Å². The highest BCUT2D eigenvalue weighted by atomic mass is 35.5. The van der Waals surface area contributed by atoms with Crippen LogP contribution < -0.4 is 0 Å². The lowest BCUT2D eigenvalue weighted by Gasteiger charge is -2.41. The summed E-state index contributed by atoms with van der Waals surface area (Å²) in [6, 6.07) is 1.23. The molecule has 0 bridgehead atoms. The van der Waals surface area contributed by atoms with Gasteiger partial charge in [0.1, 0.15) is 17.5 Å². The topological polar surface area (TPSA) is 71.6 Å². The summed E-state index contributed by atoms with van der Waals surface area (Å²) in [5.41, 5.74) is -0.869. The number of piperazine rings is 1. The van der Waals surface area contributed by atoms with Crippen molar-refractivity contribution in [3.05, 3.63) is 46.9 Å². The van der Waals surface area contributed by atoms with Gasteiger partial charge in [-0.2, -0.15) is 13.2 Å². The van der Waals surface area contributed by atoms with Crippen molar-refractivity contribution in [2.24, 2.45) is 0 Å². The molecule has 36 heavy (non-hydrogen) atoms. The van der Waals surface area contributed by atoms with Crippen LogP contribution in [0.1, 0.15) is 53.5 Å². The maximum absolute atomic E-state index is 13.9. The number of furan rings is 1. The van der Waals surface area contributed by atoms with E-state index in [1.807, 2.05) is 0 Å². The zero-order chi connectivity index (χ0) is 25.8. The third kappa shape index (κ3) is 4.51. The van der Waals surface area contributed by atoms with Crippen molar-refractivity contribution in [3.8, 4) is 0 Å². The smallest absolute Gasteiger partial charge is 0.419 e. The maximum Gasteiger partial charge on any atom is 0.419 e. The van der Waals surface area contributed by atoms with Gasteiger partial charge in [0, 0.05) is 44.4 Å². The molecule has 0 spiro atoms. The van der Waals surface area contributed by atoms with E-state index in [0.717, 1.165) is 10.6 Å². The molecule has 2 amide bonds. The second kappa shape index (κ2) is 8.89. The largest absolute Gasteiger partial charge is 0.472 e. The standard InChI is InChI=1S/C23H22ClF5N4O3/c24-19-18(21(35)31-6-7-32(17(34)11-31)15-1-4-22(25,26)5-2-15)30-20-16(23(27,28)29)9-14(10-33(19)20)13-3-8-36-12-13/h3,8-9,12,14-15H,1-2,4-7,10-11H2. The van der Waals surface area contributed by atoms with Crippen molar-refractivity contribution in [1.82, 2.24) is 19.4 Å². The molecule has 0 aromatic carbocycles. The van der Waals surface area contributed by atoms with E-state index >= 15 is 0 Å². The summed E-state index contributed by atoms with van der Waals surface area (Å²) >= 11 is 6.38. The van der Waals surface area contributed by atoms with Crippen molar-refractivity contribution in [2.45, 2.75) is 56.3 Å². The first-order valence-electron chi connectivity index (χ1n) is 11.5. The van der Waals surface area contributed by atoms with Crippen LogP contribution in [0.3, 0.4) is 0 Å². The van der Waals surface area contributed by atoms with Gasteiger partial charge in [0.15, 0.2) is 5.69 Å². The predicted octanol–water partition coefficient (Wildman–Crippen LogP) is 4.73. The van der Waals surface area contributed by atoms with Crippen molar-refractivity contribution in [1.29, 1.82) is 0 Å². The highest BCUT2D eigenvalue weighted by molar-refractivity contribution is 6.32. The normalized spacial score (nSPS) is 23.0. The summed E-state index contributed by atoms with van der Waals surface area (Å²) in [6.07, 6.45) is -1.25. The molecule has 2 fully saturated rings. The Balaban J connectivity index is 1.35. The lowest BCUT2D eigenvalue weighted by molar-refractivity contribution is -0.141. The van der Waals surface area contributed by atoms with Crippen LogP contribution in [0, 0.1) is 0 Å². The molecule has 2 aliphatic heterocycles. The minimum Gasteiger partial charge on any atom is -0.472 e. The van der Waals surface area contributed by atoms with Crippen LogP contribution in [0.4, 0.5) is 22.0 Å². The maximum atomic E-state index is 13.9. The van der Waals surface area contributed by atoms with Crippen LogP contribution in [0.15, 0.2) is 29.1 Å². The molecule has 1 atom stereocenters. The van der Waals surface area contributed by atoms with E-state index in [9.17, 15) is 31.5 Å². The molecule has 1 saturated heterocycles. The molecule has 1 aliphatic carbocycles. The second-order valence-electron chi connectivity index (χ2n) is 9.33. The summed E-state index contributed by atoms with van der Waals surface area (Å²) in [7, 11) is 0. The van der Waals surface area contributed by atoms with E-state index in [1.165, 1.54) is 22.3 Å². The van der Waals surface area contributed by atoms with Gasteiger partial charge in [0.25, 0.3) is 5.91 Å². The van der Waals surface area contributed by atoms with E-state index in [0.29, 0.717) is 5.56 Å². The van der Waals surface area contributed by atoms with Crippen LogP contribution >= 0.6 is 11.6 Å². The highest BCUT2D eigenvalue weighted by Gasteiger charge is 2.44. The highest BCUT2D eigenvalue weighted by Crippen LogP contribution is 2.42. The number of allylic oxidation sites excluding steroid dienone is 2. The Bertz CT molecular complexity index is 1200. The number of aromatic nitrogens is 2. The number of fused-ring (bicyclic) bond motifs is 1. The fourth-order valence-corrected chi connectivity index (χ4v) is 5.38. The summed E-state index contributed by atoms with van der Waals surface area (Å²) in [4.78, 5) is 32.6. The van der Waals surface area contributed by atoms with Crippen molar-refractivity contribution in [3.63, 3.8) is 0 Å². The van der Waals surface area contributed by atoms with Gasteiger partial charge in [-0.05, 0) is 24.5 Å². The summed E-state index contributed by atoms with van der Waals surface area (Å²) in [5, 5.41) is -0.247. The molecule has 194 valence electrons. The number of hydrogen-bond acceptors (Lipinski definition) is 4. The first-order valence-corrected chi connectivity index (χ1v) is 11.9. The Morgan fingerprint density at radius 2 is 1.92 bits per heavy atom. The Morgan fingerprint density at radius 1 is 1.19 bits per heavy atom. The van der Waals surface area contributed by atoms with Gasteiger partial charge < -0.3 is 18.8 Å². The van der Waals surface area contributed by atoms with Gasteiger partial charge >= 0.3 is 6.18 Å². The van der Waals surface area contributed by atoms with E-state index in [-0.39, 0.29) is 68.8 Å². The van der Waals surface area contributed by atoms with Crippen LogP contribution in [-0.4, -0.2) is 68.9 Å². The van der Waals surface area contributed by atoms with Gasteiger partial charge in [-0.25, -0.2) is 13.8 Å². The van der Waals surface area contributed by atoms with Crippen molar-refractivity contribution < 1.29 is 36.0 Å². The van der Waals surface area contributed by atoms with E-state index < -0.39 is 41.2 Å². The number of nitrogens with zero attached hydrogens (tertiary/aromatic N) is 4. The minimum absolute atomic E-state index is 0.0204. The average Bonchev–Trinajstić information content (AvgIpc) is 3.46. The molecule has 2 aromatic rings. The zero-order valence-electron chi connectivity index (χ0n) is 18.9. The van der Waals surface area contributed by atoms with E-state index in [1.54, 1.807) is 6.07 Å². The molecule has 5 rings (SSSR count). The number of imidazole rings is 1. The lowest BCUT2D eigenvalue weighted by Crippen LogP contribution is -2.56. The Kier molecular flexibility index (Phi) is 6.12. The lowest BCUT2D eigenvalue weighted by atomic mass is 9.90. The number of amides is 2. The Morgan fingerprint density at radius 3 is 2.53 bits per heavy atom. The molecule has 3 aliphatic rings. The van der Waals surface area contributed by atoms with Gasteiger partial charge in [-0.15, -0.1) is 0 Å². The monoisotopic (exact) mass is 532 g/mol. The molecule has 2 aromatic heterocycles. The first kappa shape index (κ1) is 24.8. The fourth-order valence-electron chi connectivity index (χ4n) is 5.11. The van der Waals surface area contributed by atoms with E-state index in [2.05, 4.69) is 4.98 Å². The van der Waals surface area contributed by atoms with Gasteiger partial charge in [-0.1, -0.05) is 17.7 Å². The Hall–Kier alpha value is -2.89. The molecular weight excluding hydrogens is 511 g/mol. The Labute approximate surface area is 207 Å². The molecule has 0 radical (unpaired) electrons. The molecule has 1 saturated carbocycles. The quantitative estimate of drug-likeness (QED) is 0.536. The van der Waals surface area contributed by atoms with Crippen molar-refractivity contribution >= 4 is 29.0 Å². The number of alkyl halides is 5. The molecule has 4 heterocycles. The van der Waals surface area contributed by atoms with Gasteiger partial charge in [0.05, 0.1) is 18.1 Å². The second-order valence-corrected chi connectivity index (χ2v) is 9.69. The number of halogens is 6. The van der Waals surface area contributed by atoms with Crippen LogP contribution in [0.2, 0.25) is 5.15 Å². The van der Waals surface area contributed by atoms with Gasteiger partial charge in [-0.3, -0.25) is 9.59 Å². The summed E-state index contributed by atoms with van der Waals surface area (Å²) in [5.74, 6) is -5.05. The SMILES string of the molecule is O=C(c1nc2n(c1Cl)CC(c1ccoc1)C=C2C(F)(F)F)N1CCN(C2CCC(F)(F)CC2)C(=O)C1. The summed E-state index contributed by atoms with van der Waals surface area (Å²) in [6.45, 7) is -0.0751. The number of hydrogen-bond donors (Lipinski definition) is 0. The summed E-state index contributed by atoms with van der Waals surface area (Å²) < 4.78 is 74.7. The number of carbonyl (C=O) groups excluding carboxylic acids is 2. The molecule has 1 unspecified atom stereocenters. The first-order chi connectivity index (χ1) is 16.9. The minimum atomic E-state index is -4.74. The van der Waals surface area contributed by atoms with E-state index in [4.69, 9.17) is 16.0 Å². The zero-order valence-corrected chi connectivity index (χ0v) is 19.7.